The van der Waals surface area contributed by atoms with Gasteiger partial charge in [0.1, 0.15) is 15.0 Å². The van der Waals surface area contributed by atoms with Crippen molar-refractivity contribution in [2.75, 3.05) is 0 Å². The van der Waals surface area contributed by atoms with Crippen molar-refractivity contribution in [3.05, 3.63) is 15.0 Å². The highest BCUT2D eigenvalue weighted by Crippen LogP contribution is 2.29. The Bertz CT molecular complexity index is 389. The van der Waals surface area contributed by atoms with Crippen LogP contribution in [-0.4, -0.2) is 20.6 Å². The van der Waals surface area contributed by atoms with Crippen LogP contribution in [0.4, 0.5) is 0 Å². The molecule has 1 unspecified atom stereocenters. The van der Waals surface area contributed by atoms with Crippen molar-refractivity contribution in [2.24, 2.45) is 5.92 Å². The van der Waals surface area contributed by atoms with Crippen molar-refractivity contribution in [3.63, 3.8) is 0 Å². The number of aliphatic carboxylic acids is 1. The van der Waals surface area contributed by atoms with Gasteiger partial charge in [-0.1, -0.05) is 0 Å². The molecule has 0 amide bonds. The SMILES string of the molecule is O=C(O)C1CCn2c(nc(Br)c2Br)C1. The summed E-state index contributed by atoms with van der Waals surface area (Å²) in [4.78, 5) is 15.0. The van der Waals surface area contributed by atoms with Crippen molar-refractivity contribution < 1.29 is 9.90 Å². The van der Waals surface area contributed by atoms with E-state index in [1.54, 1.807) is 0 Å². The fourth-order valence-corrected chi connectivity index (χ4v) is 2.54. The van der Waals surface area contributed by atoms with Gasteiger partial charge in [-0.05, 0) is 38.3 Å². The van der Waals surface area contributed by atoms with E-state index in [1.165, 1.54) is 0 Å². The molecule has 76 valence electrons. The first-order valence-corrected chi connectivity index (χ1v) is 5.81. The summed E-state index contributed by atoms with van der Waals surface area (Å²) < 4.78 is 3.65. The topological polar surface area (TPSA) is 55.1 Å². The number of carboxylic acid groups (broad SMARTS) is 1. The molecule has 1 aromatic rings. The van der Waals surface area contributed by atoms with Crippen LogP contribution >= 0.6 is 31.9 Å². The highest BCUT2D eigenvalue weighted by Gasteiger charge is 2.27. The number of hydrogen-bond donors (Lipinski definition) is 1. The van der Waals surface area contributed by atoms with Gasteiger partial charge in [-0.2, -0.15) is 0 Å². The van der Waals surface area contributed by atoms with Crippen LogP contribution in [0.3, 0.4) is 0 Å². The Labute approximate surface area is 97.6 Å². The van der Waals surface area contributed by atoms with E-state index < -0.39 is 5.97 Å². The monoisotopic (exact) mass is 322 g/mol. The van der Waals surface area contributed by atoms with Crippen molar-refractivity contribution in [1.82, 2.24) is 9.55 Å². The van der Waals surface area contributed by atoms with Crippen LogP contribution in [0.5, 0.6) is 0 Å². The minimum atomic E-state index is -0.730. The highest BCUT2D eigenvalue weighted by molar-refractivity contribution is 9.13. The maximum absolute atomic E-state index is 10.8. The number of halogens is 2. The number of nitrogens with zero attached hydrogens (tertiary/aromatic N) is 2. The maximum Gasteiger partial charge on any atom is 0.307 e. The Morgan fingerprint density at radius 3 is 2.93 bits per heavy atom. The van der Waals surface area contributed by atoms with Crippen LogP contribution in [0.15, 0.2) is 9.21 Å². The van der Waals surface area contributed by atoms with Gasteiger partial charge in [-0.15, -0.1) is 0 Å². The largest absolute Gasteiger partial charge is 0.481 e. The van der Waals surface area contributed by atoms with E-state index in [2.05, 4.69) is 36.8 Å². The number of hydrogen-bond acceptors (Lipinski definition) is 2. The van der Waals surface area contributed by atoms with Gasteiger partial charge in [-0.3, -0.25) is 4.79 Å². The Morgan fingerprint density at radius 2 is 2.29 bits per heavy atom. The molecule has 0 spiro atoms. The zero-order valence-corrected chi connectivity index (χ0v) is 10.4. The Balaban J connectivity index is 2.31. The molecule has 1 aliphatic rings. The van der Waals surface area contributed by atoms with Crippen LogP contribution in [0.1, 0.15) is 12.2 Å². The third kappa shape index (κ3) is 1.61. The Hall–Kier alpha value is -0.360. The van der Waals surface area contributed by atoms with E-state index in [1.807, 2.05) is 4.57 Å². The second-order valence-electron chi connectivity index (χ2n) is 3.29. The molecule has 0 aliphatic carbocycles. The first-order valence-electron chi connectivity index (χ1n) is 4.23. The number of imidazole rings is 1. The van der Waals surface area contributed by atoms with Crippen molar-refractivity contribution >= 4 is 37.8 Å². The van der Waals surface area contributed by atoms with Crippen LogP contribution < -0.4 is 0 Å². The second-order valence-corrected chi connectivity index (χ2v) is 4.79. The summed E-state index contributed by atoms with van der Waals surface area (Å²) in [6.07, 6.45) is 1.18. The Morgan fingerprint density at radius 1 is 1.57 bits per heavy atom. The van der Waals surface area contributed by atoms with E-state index in [9.17, 15) is 4.79 Å². The lowest BCUT2D eigenvalue weighted by Gasteiger charge is -2.20. The zero-order valence-electron chi connectivity index (χ0n) is 7.20. The third-order valence-corrected chi connectivity index (χ3v) is 4.31. The molecule has 0 radical (unpaired) electrons. The number of rotatable bonds is 1. The minimum Gasteiger partial charge on any atom is -0.481 e. The molecule has 1 aliphatic heterocycles. The number of carboxylic acids is 1. The fourth-order valence-electron chi connectivity index (χ4n) is 1.65. The maximum atomic E-state index is 10.8. The van der Waals surface area contributed by atoms with E-state index in [4.69, 9.17) is 5.11 Å². The molecule has 0 saturated heterocycles. The Kier molecular flexibility index (Phi) is 2.66. The van der Waals surface area contributed by atoms with Gasteiger partial charge in [0.2, 0.25) is 0 Å². The van der Waals surface area contributed by atoms with Gasteiger partial charge in [0.25, 0.3) is 0 Å². The summed E-state index contributed by atoms with van der Waals surface area (Å²) in [5, 5.41) is 8.88. The van der Waals surface area contributed by atoms with E-state index >= 15 is 0 Å². The average molecular weight is 324 g/mol. The molecule has 6 heteroatoms. The summed E-state index contributed by atoms with van der Waals surface area (Å²) >= 11 is 6.71. The van der Waals surface area contributed by atoms with Crippen molar-refractivity contribution in [3.8, 4) is 0 Å². The molecule has 1 N–H and O–H groups in total. The second kappa shape index (κ2) is 3.66. The molecule has 2 heterocycles. The minimum absolute atomic E-state index is 0.288. The lowest BCUT2D eigenvalue weighted by molar-refractivity contribution is -0.142. The number of fused-ring (bicyclic) bond motifs is 1. The number of carbonyl (C=O) groups is 1. The molecule has 1 atom stereocenters. The van der Waals surface area contributed by atoms with Crippen molar-refractivity contribution in [2.45, 2.75) is 19.4 Å². The lowest BCUT2D eigenvalue weighted by Crippen LogP contribution is -2.25. The molecule has 0 saturated carbocycles. The quantitative estimate of drug-likeness (QED) is 0.860. The predicted octanol–water partition coefficient (Wildman–Crippen LogP) is 2.06. The van der Waals surface area contributed by atoms with Gasteiger partial charge in [-0.25, -0.2) is 4.98 Å². The molecule has 0 bridgehead atoms. The normalized spacial score (nSPS) is 20.6. The average Bonchev–Trinajstić information content (AvgIpc) is 2.42. The zero-order chi connectivity index (χ0) is 10.3. The lowest BCUT2D eigenvalue weighted by atomic mass is 9.98. The van der Waals surface area contributed by atoms with Gasteiger partial charge in [0.15, 0.2) is 0 Å². The summed E-state index contributed by atoms with van der Waals surface area (Å²) in [5.74, 6) is -0.183. The molecule has 4 nitrogen and oxygen atoms in total. The van der Waals surface area contributed by atoms with Gasteiger partial charge >= 0.3 is 5.97 Å². The van der Waals surface area contributed by atoms with Gasteiger partial charge in [0, 0.05) is 13.0 Å². The standard InChI is InChI=1S/C8H8Br2N2O2/c9-6-7(10)12-2-1-4(8(13)14)3-5(12)11-6/h4H,1-3H2,(H,13,14). The number of aromatic nitrogens is 2. The molecular formula is C8H8Br2N2O2. The molecule has 1 aromatic heterocycles. The first-order chi connectivity index (χ1) is 6.59. The first kappa shape index (κ1) is 10.2. The van der Waals surface area contributed by atoms with Crippen LogP contribution in [-0.2, 0) is 17.8 Å². The predicted molar refractivity (Wildman–Crippen MR) is 57.1 cm³/mol. The highest BCUT2D eigenvalue weighted by atomic mass is 79.9. The summed E-state index contributed by atoms with van der Waals surface area (Å²) in [5.41, 5.74) is 0. The molecule has 2 rings (SSSR count). The van der Waals surface area contributed by atoms with E-state index in [0.29, 0.717) is 19.4 Å². The molecule has 0 fully saturated rings. The van der Waals surface area contributed by atoms with Gasteiger partial charge < -0.3 is 9.67 Å². The van der Waals surface area contributed by atoms with E-state index in [0.717, 1.165) is 15.0 Å². The third-order valence-electron chi connectivity index (χ3n) is 2.43. The summed E-state index contributed by atoms with van der Waals surface area (Å²) in [6.45, 7) is 0.714. The summed E-state index contributed by atoms with van der Waals surface area (Å²) in [6, 6.07) is 0. The van der Waals surface area contributed by atoms with Crippen LogP contribution in [0.25, 0.3) is 0 Å². The van der Waals surface area contributed by atoms with Crippen LogP contribution in [0.2, 0.25) is 0 Å². The van der Waals surface area contributed by atoms with Gasteiger partial charge in [0.05, 0.1) is 5.92 Å². The molecular weight excluding hydrogens is 316 g/mol. The van der Waals surface area contributed by atoms with Crippen LogP contribution in [0, 0.1) is 5.92 Å². The summed E-state index contributed by atoms with van der Waals surface area (Å²) in [7, 11) is 0. The molecule has 0 aromatic carbocycles. The molecule has 14 heavy (non-hydrogen) atoms. The smallest absolute Gasteiger partial charge is 0.307 e. The fraction of sp³-hybridized carbons (Fsp3) is 0.500. The van der Waals surface area contributed by atoms with E-state index in [-0.39, 0.29) is 5.92 Å². The van der Waals surface area contributed by atoms with Crippen molar-refractivity contribution in [1.29, 1.82) is 0 Å².